The van der Waals surface area contributed by atoms with Crippen molar-refractivity contribution in [2.24, 2.45) is 0 Å². The highest BCUT2D eigenvalue weighted by molar-refractivity contribution is 5.87. The van der Waals surface area contributed by atoms with Gasteiger partial charge in [0.15, 0.2) is 0 Å². The number of hydrogen-bond donors (Lipinski definition) is 0. The van der Waals surface area contributed by atoms with Crippen molar-refractivity contribution in [2.45, 2.75) is 33.6 Å². The van der Waals surface area contributed by atoms with Crippen molar-refractivity contribution in [1.82, 2.24) is 0 Å². The zero-order chi connectivity index (χ0) is 12.4. The van der Waals surface area contributed by atoms with Crippen LogP contribution in [0.3, 0.4) is 0 Å². The predicted octanol–water partition coefficient (Wildman–Crippen LogP) is 4.85. The van der Waals surface area contributed by atoms with Crippen LogP contribution in [0.1, 0.15) is 37.0 Å². The quantitative estimate of drug-likeness (QED) is 0.688. The fourth-order valence-corrected chi connectivity index (χ4v) is 2.63. The summed E-state index contributed by atoms with van der Waals surface area (Å²) in [4.78, 5) is 0. The molecule has 17 heavy (non-hydrogen) atoms. The minimum absolute atomic E-state index is 1.03. The Labute approximate surface area is 104 Å². The van der Waals surface area contributed by atoms with Gasteiger partial charge < -0.3 is 0 Å². The van der Waals surface area contributed by atoms with E-state index in [1.54, 1.807) is 0 Å². The molecule has 0 unspecified atom stereocenters. The van der Waals surface area contributed by atoms with Crippen molar-refractivity contribution in [3.63, 3.8) is 0 Å². The second-order valence-corrected chi connectivity index (χ2v) is 4.74. The lowest BCUT2D eigenvalue weighted by atomic mass is 9.97. The van der Waals surface area contributed by atoms with Gasteiger partial charge in [0, 0.05) is 0 Å². The normalized spacial score (nSPS) is 15.1. The van der Waals surface area contributed by atoms with Crippen LogP contribution in [-0.4, -0.2) is 0 Å². The number of rotatable bonds is 3. The average Bonchev–Trinajstić information content (AvgIpc) is 2.66. The molecule has 1 aromatic carbocycles. The van der Waals surface area contributed by atoms with Crippen LogP contribution < -0.4 is 0 Å². The van der Waals surface area contributed by atoms with Gasteiger partial charge in [-0.3, -0.25) is 0 Å². The number of allylic oxidation sites excluding steroid dienone is 5. The number of benzene rings is 1. The molecule has 0 N–H and O–H groups in total. The van der Waals surface area contributed by atoms with Crippen molar-refractivity contribution in [1.29, 1.82) is 0 Å². The van der Waals surface area contributed by atoms with Gasteiger partial charge in [-0.05, 0) is 54.5 Å². The first-order chi connectivity index (χ1) is 8.17. The molecule has 0 bridgehead atoms. The van der Waals surface area contributed by atoms with Gasteiger partial charge in [0.1, 0.15) is 0 Å². The summed E-state index contributed by atoms with van der Waals surface area (Å²) in [5.74, 6) is 0. The van der Waals surface area contributed by atoms with Crippen molar-refractivity contribution >= 4 is 5.57 Å². The highest BCUT2D eigenvalue weighted by Gasteiger charge is 2.20. The third-order valence-electron chi connectivity index (χ3n) is 3.38. The van der Waals surface area contributed by atoms with E-state index in [2.05, 4.69) is 51.6 Å². The van der Waals surface area contributed by atoms with Gasteiger partial charge in [0.05, 0.1) is 0 Å². The summed E-state index contributed by atoms with van der Waals surface area (Å²) in [6, 6.07) is 6.75. The molecular formula is C17H20. The highest BCUT2D eigenvalue weighted by Crippen LogP contribution is 2.38. The second kappa shape index (κ2) is 4.75. The van der Waals surface area contributed by atoms with Crippen molar-refractivity contribution in [3.05, 3.63) is 64.8 Å². The van der Waals surface area contributed by atoms with Gasteiger partial charge in [-0.1, -0.05) is 49.4 Å². The molecule has 0 fully saturated rings. The molecule has 0 saturated carbocycles. The Kier molecular flexibility index (Phi) is 3.33. The van der Waals surface area contributed by atoms with E-state index < -0.39 is 0 Å². The van der Waals surface area contributed by atoms with Gasteiger partial charge in [-0.15, -0.1) is 0 Å². The van der Waals surface area contributed by atoms with E-state index in [0.717, 1.165) is 12.8 Å². The molecule has 2 rings (SSSR count). The summed E-state index contributed by atoms with van der Waals surface area (Å²) in [6.07, 6.45) is 6.43. The van der Waals surface area contributed by atoms with Gasteiger partial charge in [-0.25, -0.2) is 0 Å². The first-order valence-electron chi connectivity index (χ1n) is 6.30. The van der Waals surface area contributed by atoms with Gasteiger partial charge in [0.2, 0.25) is 0 Å². The summed E-state index contributed by atoms with van der Waals surface area (Å²) >= 11 is 0. The SMILES string of the molecule is C=CC1=C(/C(C)=C\CC)c2ccc(C)cc2C1. The topological polar surface area (TPSA) is 0 Å². The van der Waals surface area contributed by atoms with Crippen molar-refractivity contribution in [3.8, 4) is 0 Å². The first kappa shape index (κ1) is 11.9. The van der Waals surface area contributed by atoms with E-state index in [1.165, 1.54) is 33.4 Å². The Morgan fingerprint density at radius 3 is 2.82 bits per heavy atom. The summed E-state index contributed by atoms with van der Waals surface area (Å²) in [7, 11) is 0. The molecule has 1 aliphatic carbocycles. The molecule has 1 aromatic rings. The van der Waals surface area contributed by atoms with Crippen LogP contribution in [0.2, 0.25) is 0 Å². The molecule has 0 saturated heterocycles. The Bertz CT molecular complexity index is 513. The Morgan fingerprint density at radius 2 is 2.18 bits per heavy atom. The number of aryl methyl sites for hydroxylation is 1. The Balaban J connectivity index is 2.55. The predicted molar refractivity (Wildman–Crippen MR) is 76.0 cm³/mol. The average molecular weight is 224 g/mol. The molecule has 1 aliphatic rings. The van der Waals surface area contributed by atoms with E-state index >= 15 is 0 Å². The minimum atomic E-state index is 1.03. The van der Waals surface area contributed by atoms with E-state index in [9.17, 15) is 0 Å². The fraction of sp³-hybridized carbons (Fsp3) is 0.294. The number of fused-ring (bicyclic) bond motifs is 1. The van der Waals surface area contributed by atoms with Crippen LogP contribution in [0.4, 0.5) is 0 Å². The maximum atomic E-state index is 3.96. The monoisotopic (exact) mass is 224 g/mol. The lowest BCUT2D eigenvalue weighted by Gasteiger charge is -2.08. The maximum Gasteiger partial charge on any atom is -0.00135 e. The molecule has 0 atom stereocenters. The molecular weight excluding hydrogens is 204 g/mol. The van der Waals surface area contributed by atoms with Gasteiger partial charge in [-0.2, -0.15) is 0 Å². The van der Waals surface area contributed by atoms with Crippen LogP contribution in [0.25, 0.3) is 5.57 Å². The van der Waals surface area contributed by atoms with E-state index in [4.69, 9.17) is 0 Å². The first-order valence-corrected chi connectivity index (χ1v) is 6.30. The standard InChI is InChI=1S/C17H20/c1-5-7-13(4)17-14(6-2)11-15-10-12(3)8-9-16(15)17/h6-10H,2,5,11H2,1,3-4H3/b13-7-. The maximum absolute atomic E-state index is 3.96. The van der Waals surface area contributed by atoms with Crippen LogP contribution in [0.15, 0.2) is 48.1 Å². The third-order valence-corrected chi connectivity index (χ3v) is 3.38. The Morgan fingerprint density at radius 1 is 1.41 bits per heavy atom. The zero-order valence-electron chi connectivity index (χ0n) is 11.0. The van der Waals surface area contributed by atoms with Crippen molar-refractivity contribution < 1.29 is 0 Å². The van der Waals surface area contributed by atoms with Gasteiger partial charge in [0.25, 0.3) is 0 Å². The summed E-state index contributed by atoms with van der Waals surface area (Å²) in [5, 5.41) is 0. The zero-order valence-corrected chi connectivity index (χ0v) is 11.0. The highest BCUT2D eigenvalue weighted by atomic mass is 14.2. The lowest BCUT2D eigenvalue weighted by Crippen LogP contribution is -1.87. The second-order valence-electron chi connectivity index (χ2n) is 4.74. The molecule has 0 nitrogen and oxygen atoms in total. The Hall–Kier alpha value is -1.56. The molecule has 0 heteroatoms. The molecule has 0 heterocycles. The summed E-state index contributed by atoms with van der Waals surface area (Å²) < 4.78 is 0. The van der Waals surface area contributed by atoms with E-state index in [1.807, 2.05) is 6.08 Å². The molecule has 0 amide bonds. The largest absolute Gasteiger partial charge is 0.0988 e. The molecule has 0 aromatic heterocycles. The summed E-state index contributed by atoms with van der Waals surface area (Å²) in [5.41, 5.74) is 8.33. The summed E-state index contributed by atoms with van der Waals surface area (Å²) in [6.45, 7) is 10.5. The van der Waals surface area contributed by atoms with Crippen LogP contribution >= 0.6 is 0 Å². The fourth-order valence-electron chi connectivity index (χ4n) is 2.63. The van der Waals surface area contributed by atoms with E-state index in [0.29, 0.717) is 0 Å². The van der Waals surface area contributed by atoms with Crippen molar-refractivity contribution in [2.75, 3.05) is 0 Å². The smallest absolute Gasteiger partial charge is 0.00135 e. The molecule has 0 radical (unpaired) electrons. The van der Waals surface area contributed by atoms with Crippen LogP contribution in [-0.2, 0) is 6.42 Å². The molecule has 88 valence electrons. The van der Waals surface area contributed by atoms with Gasteiger partial charge >= 0.3 is 0 Å². The van der Waals surface area contributed by atoms with Crippen LogP contribution in [0, 0.1) is 6.92 Å². The molecule has 0 spiro atoms. The van der Waals surface area contributed by atoms with Crippen LogP contribution in [0.5, 0.6) is 0 Å². The van der Waals surface area contributed by atoms with E-state index in [-0.39, 0.29) is 0 Å². The molecule has 0 aliphatic heterocycles. The third kappa shape index (κ3) is 2.12. The number of hydrogen-bond acceptors (Lipinski definition) is 0. The minimum Gasteiger partial charge on any atom is -0.0988 e. The lowest BCUT2D eigenvalue weighted by molar-refractivity contribution is 1.20.